The first kappa shape index (κ1) is 27.7. The Balaban J connectivity index is 1.36. The van der Waals surface area contributed by atoms with E-state index in [1.807, 2.05) is 24.8 Å². The smallest absolute Gasteiger partial charge is 0.296 e. The topological polar surface area (TPSA) is 91.6 Å². The van der Waals surface area contributed by atoms with Gasteiger partial charge in [-0.2, -0.15) is 9.97 Å². The van der Waals surface area contributed by atoms with Crippen LogP contribution in [0.25, 0.3) is 16.9 Å². The first-order chi connectivity index (χ1) is 18.7. The summed E-state index contributed by atoms with van der Waals surface area (Å²) in [5.74, 6) is 1.62. The van der Waals surface area contributed by atoms with Crippen LogP contribution in [0.1, 0.15) is 51.8 Å². The van der Waals surface area contributed by atoms with E-state index in [4.69, 9.17) is 14.7 Å². The van der Waals surface area contributed by atoms with Crippen molar-refractivity contribution in [3.63, 3.8) is 0 Å². The van der Waals surface area contributed by atoms with Crippen LogP contribution in [-0.2, 0) is 4.74 Å². The van der Waals surface area contributed by atoms with Crippen LogP contribution < -0.4 is 10.2 Å². The normalized spacial score (nSPS) is 20.8. The lowest BCUT2D eigenvalue weighted by Crippen LogP contribution is -2.43. The number of aromatic nitrogens is 4. The summed E-state index contributed by atoms with van der Waals surface area (Å²) in [5.41, 5.74) is 0.375. The molecule has 2 N–H and O–H groups in total. The van der Waals surface area contributed by atoms with E-state index in [9.17, 15) is 13.9 Å². The SMILES string of the molecule is CN(CC(C)(C)O)[C@H]1CC[C@H](CNc2cc(-n3c(C(F)F)nc4ccccc43)nc(N3CCOCC3)n2)CC1. The van der Waals surface area contributed by atoms with Gasteiger partial charge in [0.15, 0.2) is 5.82 Å². The molecule has 0 atom stereocenters. The predicted molar refractivity (Wildman–Crippen MR) is 148 cm³/mol. The maximum absolute atomic E-state index is 14.1. The molecule has 1 aliphatic carbocycles. The van der Waals surface area contributed by atoms with E-state index in [0.717, 1.165) is 32.2 Å². The number of nitrogens with one attached hydrogen (secondary N) is 1. The number of aliphatic hydroxyl groups is 1. The highest BCUT2D eigenvalue weighted by atomic mass is 19.3. The molecular formula is C28H39F2N7O2. The predicted octanol–water partition coefficient (Wildman–Crippen LogP) is 4.26. The van der Waals surface area contributed by atoms with E-state index in [1.54, 1.807) is 24.3 Å². The molecule has 9 nitrogen and oxygen atoms in total. The largest absolute Gasteiger partial charge is 0.389 e. The third kappa shape index (κ3) is 6.64. The van der Waals surface area contributed by atoms with Crippen LogP contribution in [0.5, 0.6) is 0 Å². The molecule has 0 spiro atoms. The van der Waals surface area contributed by atoms with Gasteiger partial charge < -0.3 is 25.0 Å². The standard InChI is InChI=1S/C28H39F2N7O2/c1-28(2,38)18-35(3)20-10-8-19(9-11-20)17-31-23-16-24(34-27(33-23)36-12-14-39-15-13-36)37-22-7-5-4-6-21(22)32-26(37)25(29)30/h4-7,16,19-20,25,38H,8-15,17-18H2,1-3H3,(H,31,33,34)/t19-,20-. The fourth-order valence-corrected chi connectivity index (χ4v) is 5.74. The number of hydrogen-bond acceptors (Lipinski definition) is 8. The van der Waals surface area contributed by atoms with Crippen molar-refractivity contribution >= 4 is 22.8 Å². The van der Waals surface area contributed by atoms with Crippen LogP contribution in [0.2, 0.25) is 0 Å². The molecule has 0 radical (unpaired) electrons. The van der Waals surface area contributed by atoms with Crippen molar-refractivity contribution in [2.75, 3.05) is 56.7 Å². The van der Waals surface area contributed by atoms with Gasteiger partial charge in [0.2, 0.25) is 5.95 Å². The number of alkyl halides is 2. The highest BCUT2D eigenvalue weighted by molar-refractivity contribution is 5.78. The van der Waals surface area contributed by atoms with Crippen LogP contribution in [0.4, 0.5) is 20.5 Å². The van der Waals surface area contributed by atoms with Gasteiger partial charge >= 0.3 is 0 Å². The third-order valence-electron chi connectivity index (χ3n) is 7.65. The van der Waals surface area contributed by atoms with Gasteiger partial charge in [-0.1, -0.05) is 12.1 Å². The summed E-state index contributed by atoms with van der Waals surface area (Å²) in [5, 5.41) is 13.7. The summed E-state index contributed by atoms with van der Waals surface area (Å²) >= 11 is 0. The van der Waals surface area contributed by atoms with E-state index in [2.05, 4.69) is 22.2 Å². The van der Waals surface area contributed by atoms with Crippen molar-refractivity contribution < 1.29 is 18.6 Å². The number of hydrogen-bond donors (Lipinski definition) is 2. The number of halogens is 2. The number of likely N-dealkylation sites (N-methyl/N-ethyl adjacent to an activating group) is 1. The summed E-state index contributed by atoms with van der Waals surface area (Å²) in [6, 6.07) is 9.33. The molecule has 0 amide bonds. The number of anilines is 2. The van der Waals surface area contributed by atoms with Crippen LogP contribution >= 0.6 is 0 Å². The highest BCUT2D eigenvalue weighted by Gasteiger charge is 2.28. The molecule has 39 heavy (non-hydrogen) atoms. The lowest BCUT2D eigenvalue weighted by Gasteiger charge is -2.37. The zero-order valence-electron chi connectivity index (χ0n) is 23.0. The van der Waals surface area contributed by atoms with E-state index in [-0.39, 0.29) is 5.82 Å². The minimum absolute atomic E-state index is 0.331. The molecule has 0 unspecified atom stereocenters. The van der Waals surface area contributed by atoms with Gasteiger partial charge in [-0.15, -0.1) is 0 Å². The van der Waals surface area contributed by atoms with Gasteiger partial charge in [-0.3, -0.25) is 4.57 Å². The van der Waals surface area contributed by atoms with Crippen LogP contribution in [0.3, 0.4) is 0 Å². The van der Waals surface area contributed by atoms with Crippen molar-refractivity contribution in [1.82, 2.24) is 24.4 Å². The number of nitrogens with zero attached hydrogens (tertiary/aromatic N) is 6. The first-order valence-corrected chi connectivity index (χ1v) is 13.8. The number of fused-ring (bicyclic) bond motifs is 1. The van der Waals surface area contributed by atoms with Crippen LogP contribution in [0.15, 0.2) is 30.3 Å². The molecule has 2 fully saturated rings. The average Bonchev–Trinajstić information content (AvgIpc) is 3.32. The summed E-state index contributed by atoms with van der Waals surface area (Å²) in [6.07, 6.45) is 1.55. The zero-order chi connectivity index (χ0) is 27.6. The van der Waals surface area contributed by atoms with E-state index < -0.39 is 12.0 Å². The van der Waals surface area contributed by atoms with Crippen molar-refractivity contribution in [1.29, 1.82) is 0 Å². The van der Waals surface area contributed by atoms with Crippen LogP contribution in [-0.4, -0.2) is 87.6 Å². The third-order valence-corrected chi connectivity index (χ3v) is 7.65. The Morgan fingerprint density at radius 2 is 1.82 bits per heavy atom. The second-order valence-electron chi connectivity index (χ2n) is 11.4. The second kappa shape index (κ2) is 11.7. The first-order valence-electron chi connectivity index (χ1n) is 13.8. The fourth-order valence-electron chi connectivity index (χ4n) is 5.74. The van der Waals surface area contributed by atoms with Gasteiger partial charge in [0.1, 0.15) is 11.6 Å². The molecule has 2 aliphatic rings. The van der Waals surface area contributed by atoms with Gasteiger partial charge in [0.25, 0.3) is 6.43 Å². The number of ether oxygens (including phenoxy) is 1. The van der Waals surface area contributed by atoms with Crippen LogP contribution in [0, 0.1) is 5.92 Å². The Labute approximate surface area is 228 Å². The Morgan fingerprint density at radius 1 is 1.10 bits per heavy atom. The number of imidazole rings is 1. The van der Waals surface area contributed by atoms with Crippen molar-refractivity contribution in [3.05, 3.63) is 36.2 Å². The number of rotatable bonds is 9. The van der Waals surface area contributed by atoms with E-state index >= 15 is 0 Å². The number of para-hydroxylation sites is 2. The van der Waals surface area contributed by atoms with Crippen molar-refractivity contribution in [2.24, 2.45) is 5.92 Å². The summed E-state index contributed by atoms with van der Waals surface area (Å²) in [4.78, 5) is 18.0. The lowest BCUT2D eigenvalue weighted by molar-refractivity contribution is 0.0228. The van der Waals surface area contributed by atoms with Crippen molar-refractivity contribution in [3.8, 4) is 5.82 Å². The zero-order valence-corrected chi connectivity index (χ0v) is 23.0. The Hall–Kier alpha value is -2.89. The second-order valence-corrected chi connectivity index (χ2v) is 11.4. The molecule has 5 rings (SSSR count). The molecule has 1 aromatic carbocycles. The Morgan fingerprint density at radius 3 is 2.51 bits per heavy atom. The molecule has 2 aromatic heterocycles. The molecule has 0 bridgehead atoms. The quantitative estimate of drug-likeness (QED) is 0.414. The van der Waals surface area contributed by atoms with Gasteiger partial charge in [0, 0.05) is 38.3 Å². The molecular weight excluding hydrogens is 504 g/mol. The molecule has 1 saturated carbocycles. The lowest BCUT2D eigenvalue weighted by atomic mass is 9.85. The molecule has 3 aromatic rings. The molecule has 212 valence electrons. The summed E-state index contributed by atoms with van der Waals surface area (Å²) in [6.45, 7) is 7.49. The molecule has 3 heterocycles. The van der Waals surface area contributed by atoms with E-state index in [0.29, 0.717) is 73.4 Å². The molecule has 11 heteroatoms. The van der Waals surface area contributed by atoms with Crippen molar-refractivity contribution in [2.45, 2.75) is 57.6 Å². The maximum atomic E-state index is 14.1. The number of benzene rings is 1. The Kier molecular flexibility index (Phi) is 8.29. The fraction of sp³-hybridized carbons (Fsp3) is 0.607. The van der Waals surface area contributed by atoms with Gasteiger partial charge in [-0.25, -0.2) is 13.8 Å². The summed E-state index contributed by atoms with van der Waals surface area (Å²) < 4.78 is 35.1. The van der Waals surface area contributed by atoms with Gasteiger partial charge in [-0.05, 0) is 64.6 Å². The van der Waals surface area contributed by atoms with E-state index in [1.165, 1.54) is 4.57 Å². The van der Waals surface area contributed by atoms with Gasteiger partial charge in [0.05, 0.1) is 29.8 Å². The maximum Gasteiger partial charge on any atom is 0.296 e. The minimum atomic E-state index is -2.75. The number of morpholine rings is 1. The monoisotopic (exact) mass is 543 g/mol. The minimum Gasteiger partial charge on any atom is -0.389 e. The average molecular weight is 544 g/mol. The summed E-state index contributed by atoms with van der Waals surface area (Å²) in [7, 11) is 2.09. The molecule has 1 aliphatic heterocycles. The Bertz CT molecular complexity index is 1250. The highest BCUT2D eigenvalue weighted by Crippen LogP contribution is 2.31. The molecule has 1 saturated heterocycles.